The van der Waals surface area contributed by atoms with Crippen LogP contribution in [0.3, 0.4) is 0 Å². The van der Waals surface area contributed by atoms with E-state index >= 15 is 0 Å². The molecular formula is C6H5ClN. The van der Waals surface area contributed by atoms with Crippen molar-refractivity contribution in [2.75, 3.05) is 0 Å². The summed E-state index contributed by atoms with van der Waals surface area (Å²) < 4.78 is 0. The van der Waals surface area contributed by atoms with Crippen molar-refractivity contribution in [3.8, 4) is 0 Å². The lowest BCUT2D eigenvalue weighted by Crippen LogP contribution is -1.73. The van der Waals surface area contributed by atoms with Crippen LogP contribution in [-0.2, 0) is 0 Å². The lowest BCUT2D eigenvalue weighted by Gasteiger charge is -1.90. The SMILES string of the molecule is [CH2]c1ccncc1Cl. The number of hydrogen-bond donors (Lipinski definition) is 0. The van der Waals surface area contributed by atoms with Crippen LogP contribution in [0.15, 0.2) is 18.5 Å². The molecule has 1 aromatic rings. The third-order valence-electron chi connectivity index (χ3n) is 0.856. The first kappa shape index (κ1) is 5.57. The van der Waals surface area contributed by atoms with E-state index in [1.165, 1.54) is 0 Å². The molecule has 1 nitrogen and oxygen atoms in total. The summed E-state index contributed by atoms with van der Waals surface area (Å²) in [7, 11) is 0. The fourth-order valence-electron chi connectivity index (χ4n) is 0.404. The first-order chi connectivity index (χ1) is 3.80. The molecule has 0 N–H and O–H groups in total. The summed E-state index contributed by atoms with van der Waals surface area (Å²) in [5.41, 5.74) is 0.821. The van der Waals surface area contributed by atoms with Crippen LogP contribution in [0.2, 0.25) is 5.02 Å². The van der Waals surface area contributed by atoms with Gasteiger partial charge in [0.15, 0.2) is 0 Å². The van der Waals surface area contributed by atoms with E-state index in [-0.39, 0.29) is 0 Å². The van der Waals surface area contributed by atoms with E-state index < -0.39 is 0 Å². The van der Waals surface area contributed by atoms with Crippen molar-refractivity contribution in [1.82, 2.24) is 4.98 Å². The summed E-state index contributed by atoms with van der Waals surface area (Å²) in [6, 6.07) is 1.77. The molecular weight excluding hydrogens is 122 g/mol. The number of pyridine rings is 1. The Morgan fingerprint density at radius 3 is 2.75 bits per heavy atom. The standard InChI is InChI=1S/C6H5ClN/c1-5-2-3-8-4-6(5)7/h2-4H,1H2. The van der Waals surface area contributed by atoms with Crippen molar-refractivity contribution >= 4 is 11.6 Å². The Balaban J connectivity index is 3.13. The molecule has 0 spiro atoms. The zero-order valence-corrected chi connectivity index (χ0v) is 5.02. The lowest BCUT2D eigenvalue weighted by atomic mass is 10.3. The van der Waals surface area contributed by atoms with E-state index in [0.29, 0.717) is 5.02 Å². The summed E-state index contributed by atoms with van der Waals surface area (Å²) in [6.45, 7) is 3.65. The van der Waals surface area contributed by atoms with Gasteiger partial charge < -0.3 is 0 Å². The van der Waals surface area contributed by atoms with Gasteiger partial charge in [-0.1, -0.05) is 11.6 Å². The van der Waals surface area contributed by atoms with Crippen LogP contribution in [0.4, 0.5) is 0 Å². The Morgan fingerprint density at radius 1 is 1.62 bits per heavy atom. The zero-order valence-electron chi connectivity index (χ0n) is 4.26. The molecule has 0 saturated carbocycles. The van der Waals surface area contributed by atoms with Crippen LogP contribution in [0, 0.1) is 6.92 Å². The molecule has 0 unspecified atom stereocenters. The van der Waals surface area contributed by atoms with E-state index in [4.69, 9.17) is 11.6 Å². The normalized spacial score (nSPS) is 9.25. The summed E-state index contributed by atoms with van der Waals surface area (Å²) in [5.74, 6) is 0. The molecule has 1 aromatic heterocycles. The van der Waals surface area contributed by atoms with Crippen molar-refractivity contribution in [2.24, 2.45) is 0 Å². The van der Waals surface area contributed by atoms with Crippen LogP contribution in [0.5, 0.6) is 0 Å². The molecule has 41 valence electrons. The molecule has 0 amide bonds. The van der Waals surface area contributed by atoms with E-state index in [1.54, 1.807) is 18.5 Å². The minimum Gasteiger partial charge on any atom is -0.263 e. The number of hydrogen-bond acceptors (Lipinski definition) is 1. The maximum Gasteiger partial charge on any atom is 0.0621 e. The highest BCUT2D eigenvalue weighted by atomic mass is 35.5. The van der Waals surface area contributed by atoms with Gasteiger partial charge in [0.25, 0.3) is 0 Å². The minimum atomic E-state index is 0.618. The maximum absolute atomic E-state index is 5.58. The van der Waals surface area contributed by atoms with Gasteiger partial charge in [0.05, 0.1) is 5.02 Å². The van der Waals surface area contributed by atoms with Crippen LogP contribution in [-0.4, -0.2) is 4.98 Å². The summed E-state index contributed by atoms with van der Waals surface area (Å²) in [4.78, 5) is 3.77. The van der Waals surface area contributed by atoms with Crippen molar-refractivity contribution in [1.29, 1.82) is 0 Å². The van der Waals surface area contributed by atoms with Gasteiger partial charge in [0, 0.05) is 12.4 Å². The number of nitrogens with zero attached hydrogens (tertiary/aromatic N) is 1. The Hall–Kier alpha value is -0.560. The Labute approximate surface area is 53.3 Å². The average molecular weight is 127 g/mol. The van der Waals surface area contributed by atoms with Gasteiger partial charge in [-0.3, -0.25) is 4.98 Å². The van der Waals surface area contributed by atoms with E-state index in [2.05, 4.69) is 11.9 Å². The Morgan fingerprint density at radius 2 is 2.38 bits per heavy atom. The van der Waals surface area contributed by atoms with Gasteiger partial charge >= 0.3 is 0 Å². The van der Waals surface area contributed by atoms with Gasteiger partial charge in [-0.2, -0.15) is 0 Å². The average Bonchev–Trinajstić information content (AvgIpc) is 1.77. The molecule has 2 heteroatoms. The van der Waals surface area contributed by atoms with E-state index in [1.807, 2.05) is 0 Å². The summed E-state index contributed by atoms with van der Waals surface area (Å²) in [6.07, 6.45) is 3.23. The second kappa shape index (κ2) is 2.14. The van der Waals surface area contributed by atoms with Crippen molar-refractivity contribution in [3.05, 3.63) is 36.0 Å². The molecule has 0 atom stereocenters. The predicted octanol–water partition coefficient (Wildman–Crippen LogP) is 1.92. The minimum absolute atomic E-state index is 0.618. The predicted molar refractivity (Wildman–Crippen MR) is 33.7 cm³/mol. The molecule has 0 saturated heterocycles. The zero-order chi connectivity index (χ0) is 5.98. The maximum atomic E-state index is 5.58. The Kier molecular flexibility index (Phi) is 1.49. The molecule has 0 bridgehead atoms. The highest BCUT2D eigenvalue weighted by Crippen LogP contribution is 2.09. The first-order valence-corrected chi connectivity index (χ1v) is 2.60. The second-order valence-electron chi connectivity index (χ2n) is 1.47. The van der Waals surface area contributed by atoms with E-state index in [0.717, 1.165) is 5.56 Å². The van der Waals surface area contributed by atoms with Crippen LogP contribution >= 0.6 is 11.6 Å². The van der Waals surface area contributed by atoms with Crippen LogP contribution < -0.4 is 0 Å². The van der Waals surface area contributed by atoms with Crippen LogP contribution in [0.25, 0.3) is 0 Å². The molecule has 1 radical (unpaired) electrons. The first-order valence-electron chi connectivity index (χ1n) is 2.22. The van der Waals surface area contributed by atoms with Gasteiger partial charge in [-0.15, -0.1) is 0 Å². The molecule has 8 heavy (non-hydrogen) atoms. The van der Waals surface area contributed by atoms with Crippen molar-refractivity contribution in [3.63, 3.8) is 0 Å². The van der Waals surface area contributed by atoms with Gasteiger partial charge in [-0.05, 0) is 18.6 Å². The van der Waals surface area contributed by atoms with Gasteiger partial charge in [0.1, 0.15) is 0 Å². The summed E-state index contributed by atoms with van der Waals surface area (Å²) in [5, 5.41) is 0.618. The van der Waals surface area contributed by atoms with Crippen molar-refractivity contribution in [2.45, 2.75) is 0 Å². The molecule has 0 aromatic carbocycles. The fraction of sp³-hybridized carbons (Fsp3) is 0. The fourth-order valence-corrected chi connectivity index (χ4v) is 0.523. The number of halogens is 1. The largest absolute Gasteiger partial charge is 0.263 e. The third-order valence-corrected chi connectivity index (χ3v) is 1.20. The topological polar surface area (TPSA) is 12.9 Å². The number of aromatic nitrogens is 1. The van der Waals surface area contributed by atoms with Crippen molar-refractivity contribution < 1.29 is 0 Å². The smallest absolute Gasteiger partial charge is 0.0621 e. The molecule has 0 aliphatic rings. The van der Waals surface area contributed by atoms with Gasteiger partial charge in [-0.25, -0.2) is 0 Å². The molecule has 0 aliphatic heterocycles. The lowest BCUT2D eigenvalue weighted by molar-refractivity contribution is 1.31. The summed E-state index contributed by atoms with van der Waals surface area (Å²) >= 11 is 5.58. The van der Waals surface area contributed by atoms with Crippen LogP contribution in [0.1, 0.15) is 5.56 Å². The highest BCUT2D eigenvalue weighted by molar-refractivity contribution is 6.31. The molecule has 1 heterocycles. The van der Waals surface area contributed by atoms with E-state index in [9.17, 15) is 0 Å². The number of rotatable bonds is 0. The third kappa shape index (κ3) is 0.984. The molecule has 0 aliphatic carbocycles. The highest BCUT2D eigenvalue weighted by Gasteiger charge is 1.87. The van der Waals surface area contributed by atoms with Gasteiger partial charge in [0.2, 0.25) is 0 Å². The quantitative estimate of drug-likeness (QED) is 0.518. The molecule has 0 fully saturated rings. The second-order valence-corrected chi connectivity index (χ2v) is 1.87. The monoisotopic (exact) mass is 126 g/mol. The molecule has 1 rings (SSSR count). The Bertz CT molecular complexity index is 165.